The van der Waals surface area contributed by atoms with Crippen LogP contribution in [-0.4, -0.2) is 20.4 Å². The molecule has 5 rings (SSSR count). The Kier molecular flexibility index (Phi) is 5.89. The number of anilines is 1. The number of benzene rings is 1. The van der Waals surface area contributed by atoms with Gasteiger partial charge in [0.25, 0.3) is 0 Å². The van der Waals surface area contributed by atoms with Gasteiger partial charge >= 0.3 is 0 Å². The van der Waals surface area contributed by atoms with Crippen molar-refractivity contribution < 1.29 is 8.78 Å². The van der Waals surface area contributed by atoms with Crippen LogP contribution in [-0.2, 0) is 13.0 Å². The summed E-state index contributed by atoms with van der Waals surface area (Å²) in [4.78, 5) is 0. The van der Waals surface area contributed by atoms with Crippen LogP contribution in [0.5, 0.6) is 0 Å². The Morgan fingerprint density at radius 2 is 1.93 bits per heavy atom. The Balaban J connectivity index is 0.000000140. The average Bonchev–Trinajstić information content (AvgIpc) is 3.30. The van der Waals surface area contributed by atoms with Crippen LogP contribution in [0, 0.1) is 11.6 Å². The number of fused-ring (bicyclic) bond motifs is 3. The molecule has 148 valence electrons. The van der Waals surface area contributed by atoms with Gasteiger partial charge in [-0.05, 0) is 18.6 Å². The SMILES string of the molecule is C1CC1.C=C(C)c1c(F)ccc(CN)c1F.Nc1n[nH]c2c1Cc1[nH]ncc1-2. The molecule has 1 fully saturated rings. The maximum absolute atomic E-state index is 13.4. The number of halogens is 2. The number of hydrogen-bond donors (Lipinski definition) is 4. The summed E-state index contributed by atoms with van der Waals surface area (Å²) in [6, 6.07) is 2.55. The summed E-state index contributed by atoms with van der Waals surface area (Å²) >= 11 is 0. The second-order valence-electron chi connectivity index (χ2n) is 6.84. The number of nitrogen functional groups attached to an aromatic ring is 1. The maximum atomic E-state index is 13.4. The van der Waals surface area contributed by atoms with Gasteiger partial charge in [-0.3, -0.25) is 10.2 Å². The summed E-state index contributed by atoms with van der Waals surface area (Å²) in [6.07, 6.45) is 7.10. The number of nitrogens with one attached hydrogen (secondary N) is 2. The van der Waals surface area contributed by atoms with E-state index in [0.717, 1.165) is 28.9 Å². The zero-order valence-electron chi connectivity index (χ0n) is 15.8. The minimum atomic E-state index is -0.602. The summed E-state index contributed by atoms with van der Waals surface area (Å²) in [5.74, 6) is -0.605. The molecule has 2 aliphatic rings. The van der Waals surface area contributed by atoms with Crippen LogP contribution < -0.4 is 11.5 Å². The molecule has 0 saturated heterocycles. The predicted octanol–water partition coefficient (Wildman–Crippen LogP) is 3.91. The zero-order valence-corrected chi connectivity index (χ0v) is 15.8. The van der Waals surface area contributed by atoms with Gasteiger partial charge in [-0.1, -0.05) is 31.9 Å². The molecule has 0 radical (unpaired) electrons. The number of rotatable bonds is 2. The fraction of sp³-hybridized carbons (Fsp3) is 0.300. The van der Waals surface area contributed by atoms with Gasteiger partial charge in [0.2, 0.25) is 0 Å². The smallest absolute Gasteiger partial charge is 0.149 e. The van der Waals surface area contributed by atoms with Crippen molar-refractivity contribution in [3.8, 4) is 11.3 Å². The molecule has 6 N–H and O–H groups in total. The van der Waals surface area contributed by atoms with Crippen molar-refractivity contribution in [3.63, 3.8) is 0 Å². The summed E-state index contributed by atoms with van der Waals surface area (Å²) in [5.41, 5.74) is 15.8. The molecule has 28 heavy (non-hydrogen) atoms. The van der Waals surface area contributed by atoms with E-state index in [1.807, 2.05) is 0 Å². The van der Waals surface area contributed by atoms with Gasteiger partial charge in [-0.25, -0.2) is 8.78 Å². The van der Waals surface area contributed by atoms with Crippen molar-refractivity contribution in [2.24, 2.45) is 5.73 Å². The first-order chi connectivity index (χ1) is 13.4. The summed E-state index contributed by atoms with van der Waals surface area (Å²) in [7, 11) is 0. The lowest BCUT2D eigenvalue weighted by atomic mass is 10.0. The lowest BCUT2D eigenvalue weighted by Gasteiger charge is -2.07. The fourth-order valence-electron chi connectivity index (χ4n) is 2.77. The van der Waals surface area contributed by atoms with Crippen molar-refractivity contribution in [3.05, 3.63) is 58.9 Å². The van der Waals surface area contributed by atoms with Crippen molar-refractivity contribution in [1.82, 2.24) is 20.4 Å². The van der Waals surface area contributed by atoms with Crippen LogP contribution in [0.2, 0.25) is 0 Å². The van der Waals surface area contributed by atoms with Crippen LogP contribution in [0.15, 0.2) is 24.9 Å². The van der Waals surface area contributed by atoms with Gasteiger partial charge < -0.3 is 11.5 Å². The van der Waals surface area contributed by atoms with E-state index in [4.69, 9.17) is 11.5 Å². The third kappa shape index (κ3) is 4.12. The van der Waals surface area contributed by atoms with Gasteiger partial charge in [0.05, 0.1) is 11.9 Å². The molecule has 6 nitrogen and oxygen atoms in total. The number of aromatic amines is 2. The Labute approximate surface area is 162 Å². The van der Waals surface area contributed by atoms with E-state index in [2.05, 4.69) is 27.0 Å². The lowest BCUT2D eigenvalue weighted by molar-refractivity contribution is 0.566. The summed E-state index contributed by atoms with van der Waals surface area (Å²) in [5, 5.41) is 13.7. The number of allylic oxidation sites excluding steroid dienone is 1. The van der Waals surface area contributed by atoms with Gasteiger partial charge in [-0.15, -0.1) is 0 Å². The van der Waals surface area contributed by atoms with E-state index in [9.17, 15) is 8.78 Å². The van der Waals surface area contributed by atoms with Gasteiger partial charge in [-0.2, -0.15) is 10.2 Å². The van der Waals surface area contributed by atoms with E-state index in [0.29, 0.717) is 17.0 Å². The molecular weight excluding hydrogens is 362 g/mol. The maximum Gasteiger partial charge on any atom is 0.149 e. The normalized spacial score (nSPS) is 12.9. The van der Waals surface area contributed by atoms with Crippen molar-refractivity contribution in [2.45, 2.75) is 39.2 Å². The molecule has 1 aromatic carbocycles. The second kappa shape index (κ2) is 8.35. The molecule has 0 bridgehead atoms. The first-order valence-electron chi connectivity index (χ1n) is 9.12. The Bertz CT molecular complexity index is 984. The second-order valence-corrected chi connectivity index (χ2v) is 6.84. The quantitative estimate of drug-likeness (QED) is 0.419. The molecular formula is C20H24F2N6. The Hall–Kier alpha value is -3.00. The number of H-pyrrole nitrogens is 2. The molecule has 8 heteroatoms. The molecule has 2 heterocycles. The third-order valence-corrected chi connectivity index (χ3v) is 4.41. The zero-order chi connectivity index (χ0) is 20.3. The monoisotopic (exact) mass is 386 g/mol. The standard InChI is InChI=1S/C10H11F2N.C7H7N5.C3H6/c1-6(2)9-8(11)4-3-7(5-13)10(9)12;8-7-3-1-5-4(2-9-10-5)6(3)11-12-7;1-2-3-1/h3-4H,1,5,13H2,2H3;2H,1H2,(H,9,10)(H3,8,11,12);1-3H2. The summed E-state index contributed by atoms with van der Waals surface area (Å²) < 4.78 is 26.5. The molecule has 0 amide bonds. The minimum absolute atomic E-state index is 0.0619. The van der Waals surface area contributed by atoms with Crippen molar-refractivity contribution >= 4 is 11.4 Å². The fourth-order valence-corrected chi connectivity index (χ4v) is 2.77. The number of nitrogens with two attached hydrogens (primary N) is 2. The third-order valence-electron chi connectivity index (χ3n) is 4.41. The highest BCUT2D eigenvalue weighted by molar-refractivity contribution is 5.75. The van der Waals surface area contributed by atoms with Crippen molar-refractivity contribution in [1.29, 1.82) is 0 Å². The topological polar surface area (TPSA) is 109 Å². The predicted molar refractivity (Wildman–Crippen MR) is 106 cm³/mol. The van der Waals surface area contributed by atoms with E-state index in [1.165, 1.54) is 31.4 Å². The first-order valence-corrected chi connectivity index (χ1v) is 9.12. The van der Waals surface area contributed by atoms with E-state index < -0.39 is 11.6 Å². The number of hydrogen-bond acceptors (Lipinski definition) is 4. The minimum Gasteiger partial charge on any atom is -0.382 e. The lowest BCUT2D eigenvalue weighted by Crippen LogP contribution is -2.03. The largest absolute Gasteiger partial charge is 0.382 e. The highest BCUT2D eigenvalue weighted by atomic mass is 19.1. The van der Waals surface area contributed by atoms with Crippen LogP contribution in [0.1, 0.15) is 48.6 Å². The highest BCUT2D eigenvalue weighted by Crippen LogP contribution is 2.35. The molecule has 2 aromatic heterocycles. The Morgan fingerprint density at radius 3 is 2.54 bits per heavy atom. The molecule has 1 saturated carbocycles. The van der Waals surface area contributed by atoms with E-state index in [1.54, 1.807) is 13.1 Å². The molecule has 0 spiro atoms. The molecule has 3 aromatic rings. The van der Waals surface area contributed by atoms with Gasteiger partial charge in [0.15, 0.2) is 0 Å². The van der Waals surface area contributed by atoms with Crippen LogP contribution in [0.4, 0.5) is 14.6 Å². The number of nitrogens with zero attached hydrogens (tertiary/aromatic N) is 2. The van der Waals surface area contributed by atoms with Crippen molar-refractivity contribution in [2.75, 3.05) is 5.73 Å². The van der Waals surface area contributed by atoms with Gasteiger partial charge in [0, 0.05) is 40.9 Å². The first kappa shape index (κ1) is 19.8. The highest BCUT2D eigenvalue weighted by Gasteiger charge is 2.24. The Morgan fingerprint density at radius 1 is 1.21 bits per heavy atom. The average molecular weight is 386 g/mol. The van der Waals surface area contributed by atoms with Crippen LogP contribution in [0.3, 0.4) is 0 Å². The van der Waals surface area contributed by atoms with E-state index >= 15 is 0 Å². The van der Waals surface area contributed by atoms with Gasteiger partial charge in [0.1, 0.15) is 17.5 Å². The molecule has 0 atom stereocenters. The number of aromatic nitrogens is 4. The summed E-state index contributed by atoms with van der Waals surface area (Å²) in [6.45, 7) is 5.12. The van der Waals surface area contributed by atoms with E-state index in [-0.39, 0.29) is 12.1 Å². The molecule has 0 aliphatic heterocycles. The molecule has 0 unspecified atom stereocenters. The van der Waals surface area contributed by atoms with Crippen LogP contribution in [0.25, 0.3) is 16.8 Å². The molecule has 2 aliphatic carbocycles. The van der Waals surface area contributed by atoms with Crippen LogP contribution >= 0.6 is 0 Å².